The molecule has 0 aliphatic rings. The van der Waals surface area contributed by atoms with Gasteiger partial charge in [0.1, 0.15) is 0 Å². The van der Waals surface area contributed by atoms with E-state index in [2.05, 4.69) is 5.32 Å². The van der Waals surface area contributed by atoms with Gasteiger partial charge >= 0.3 is 0 Å². The molecule has 0 aliphatic heterocycles. The van der Waals surface area contributed by atoms with Gasteiger partial charge in [-0.05, 0) is 38.5 Å². The Morgan fingerprint density at radius 2 is 2.18 bits per heavy atom. The van der Waals surface area contributed by atoms with Crippen LogP contribution in [0.25, 0.3) is 0 Å². The Morgan fingerprint density at radius 3 is 2.71 bits per heavy atom. The normalized spacial score (nSPS) is 13.2. The Balaban J connectivity index is 2.77. The standard InChI is InChI=1S/C13H19ClN2O/c1-9(10-5-4-6-11(14)7-10)12(17)16-13(2,3)8-15/h4-7,9H,8,15H2,1-3H3,(H,16,17). The highest BCUT2D eigenvalue weighted by Crippen LogP contribution is 2.20. The first-order valence-electron chi connectivity index (χ1n) is 5.63. The summed E-state index contributed by atoms with van der Waals surface area (Å²) in [5.74, 6) is -0.276. The second-order valence-electron chi connectivity index (χ2n) is 4.85. The zero-order valence-electron chi connectivity index (χ0n) is 10.5. The lowest BCUT2D eigenvalue weighted by Crippen LogP contribution is -2.50. The SMILES string of the molecule is CC(C(=O)NC(C)(C)CN)c1cccc(Cl)c1. The van der Waals surface area contributed by atoms with Crippen LogP contribution in [0.4, 0.5) is 0 Å². The molecular formula is C13H19ClN2O. The van der Waals surface area contributed by atoms with E-state index in [-0.39, 0.29) is 17.4 Å². The van der Waals surface area contributed by atoms with Crippen molar-refractivity contribution in [2.75, 3.05) is 6.54 Å². The van der Waals surface area contributed by atoms with Crippen molar-refractivity contribution in [2.45, 2.75) is 32.2 Å². The third-order valence-corrected chi connectivity index (χ3v) is 2.95. The molecule has 3 nitrogen and oxygen atoms in total. The second-order valence-corrected chi connectivity index (χ2v) is 5.29. The first kappa shape index (κ1) is 14.0. The fourth-order valence-electron chi connectivity index (χ4n) is 1.42. The number of benzene rings is 1. The summed E-state index contributed by atoms with van der Waals surface area (Å²) in [6.45, 7) is 6.06. The van der Waals surface area contributed by atoms with E-state index in [0.717, 1.165) is 5.56 Å². The lowest BCUT2D eigenvalue weighted by molar-refractivity contribution is -0.123. The van der Waals surface area contributed by atoms with Gasteiger partial charge in [0.2, 0.25) is 5.91 Å². The average molecular weight is 255 g/mol. The Morgan fingerprint density at radius 1 is 1.53 bits per heavy atom. The van der Waals surface area contributed by atoms with Crippen molar-refractivity contribution in [3.8, 4) is 0 Å². The van der Waals surface area contributed by atoms with Crippen LogP contribution in [-0.4, -0.2) is 18.0 Å². The van der Waals surface area contributed by atoms with E-state index < -0.39 is 0 Å². The maximum absolute atomic E-state index is 12.0. The molecular weight excluding hydrogens is 236 g/mol. The summed E-state index contributed by atoms with van der Waals surface area (Å²) in [4.78, 5) is 12.0. The highest BCUT2D eigenvalue weighted by Gasteiger charge is 2.23. The minimum Gasteiger partial charge on any atom is -0.349 e. The summed E-state index contributed by atoms with van der Waals surface area (Å²) < 4.78 is 0. The van der Waals surface area contributed by atoms with Gasteiger partial charge in [-0.15, -0.1) is 0 Å². The molecule has 0 saturated heterocycles. The van der Waals surface area contributed by atoms with Crippen LogP contribution in [0.3, 0.4) is 0 Å². The van der Waals surface area contributed by atoms with Gasteiger partial charge in [0.05, 0.1) is 5.92 Å². The Labute approximate surface area is 107 Å². The predicted octanol–water partition coefficient (Wildman–Crippen LogP) is 2.30. The molecule has 94 valence electrons. The zero-order chi connectivity index (χ0) is 13.1. The van der Waals surface area contributed by atoms with Crippen LogP contribution in [-0.2, 0) is 4.79 Å². The number of hydrogen-bond donors (Lipinski definition) is 2. The molecule has 3 N–H and O–H groups in total. The van der Waals surface area contributed by atoms with Crippen molar-refractivity contribution in [3.05, 3.63) is 34.9 Å². The molecule has 4 heteroatoms. The Kier molecular flexibility index (Phi) is 4.54. The second kappa shape index (κ2) is 5.52. The molecule has 0 spiro atoms. The summed E-state index contributed by atoms with van der Waals surface area (Å²) in [7, 11) is 0. The first-order valence-corrected chi connectivity index (χ1v) is 6.01. The van der Waals surface area contributed by atoms with E-state index in [0.29, 0.717) is 11.6 Å². The third-order valence-electron chi connectivity index (χ3n) is 2.71. The van der Waals surface area contributed by atoms with E-state index in [9.17, 15) is 4.79 Å². The number of rotatable bonds is 4. The number of carbonyl (C=O) groups excluding carboxylic acids is 1. The molecule has 1 atom stereocenters. The summed E-state index contributed by atoms with van der Waals surface area (Å²) in [5, 5.41) is 3.56. The molecule has 0 heterocycles. The van der Waals surface area contributed by atoms with Crippen molar-refractivity contribution in [1.82, 2.24) is 5.32 Å². The van der Waals surface area contributed by atoms with Gasteiger partial charge < -0.3 is 11.1 Å². The van der Waals surface area contributed by atoms with Gasteiger partial charge in [0.15, 0.2) is 0 Å². The monoisotopic (exact) mass is 254 g/mol. The van der Waals surface area contributed by atoms with Crippen LogP contribution in [0, 0.1) is 0 Å². The Hall–Kier alpha value is -1.06. The molecule has 0 fully saturated rings. The lowest BCUT2D eigenvalue weighted by atomic mass is 9.98. The number of halogens is 1. The minimum absolute atomic E-state index is 0.0392. The van der Waals surface area contributed by atoms with Gasteiger partial charge in [-0.1, -0.05) is 23.7 Å². The largest absolute Gasteiger partial charge is 0.349 e. The molecule has 17 heavy (non-hydrogen) atoms. The van der Waals surface area contributed by atoms with Crippen molar-refractivity contribution in [2.24, 2.45) is 5.73 Å². The molecule has 1 amide bonds. The zero-order valence-corrected chi connectivity index (χ0v) is 11.2. The maximum atomic E-state index is 12.0. The molecule has 0 aliphatic carbocycles. The molecule has 1 aromatic rings. The quantitative estimate of drug-likeness (QED) is 0.866. The van der Waals surface area contributed by atoms with E-state index >= 15 is 0 Å². The number of hydrogen-bond acceptors (Lipinski definition) is 2. The summed E-state index contributed by atoms with van der Waals surface area (Å²) in [6.07, 6.45) is 0. The number of amides is 1. The number of nitrogens with one attached hydrogen (secondary N) is 1. The lowest BCUT2D eigenvalue weighted by Gasteiger charge is -2.26. The Bertz CT molecular complexity index is 404. The minimum atomic E-state index is -0.385. The van der Waals surface area contributed by atoms with Crippen molar-refractivity contribution < 1.29 is 4.79 Å². The van der Waals surface area contributed by atoms with Crippen LogP contribution in [0.1, 0.15) is 32.3 Å². The van der Waals surface area contributed by atoms with E-state index in [4.69, 9.17) is 17.3 Å². The predicted molar refractivity (Wildman–Crippen MR) is 71.1 cm³/mol. The fraction of sp³-hybridized carbons (Fsp3) is 0.462. The number of carbonyl (C=O) groups is 1. The highest BCUT2D eigenvalue weighted by molar-refractivity contribution is 6.30. The topological polar surface area (TPSA) is 55.1 Å². The van der Waals surface area contributed by atoms with Crippen LogP contribution < -0.4 is 11.1 Å². The molecule has 0 aromatic heterocycles. The molecule has 1 aromatic carbocycles. The molecule has 1 rings (SSSR count). The van der Waals surface area contributed by atoms with Crippen LogP contribution >= 0.6 is 11.6 Å². The third kappa shape index (κ3) is 4.02. The van der Waals surface area contributed by atoms with Crippen LogP contribution in [0.5, 0.6) is 0 Å². The highest BCUT2D eigenvalue weighted by atomic mass is 35.5. The van der Waals surface area contributed by atoms with Crippen molar-refractivity contribution >= 4 is 17.5 Å². The molecule has 0 saturated carbocycles. The van der Waals surface area contributed by atoms with Crippen molar-refractivity contribution in [1.29, 1.82) is 0 Å². The van der Waals surface area contributed by atoms with Crippen LogP contribution in [0.2, 0.25) is 5.02 Å². The summed E-state index contributed by atoms with van der Waals surface area (Å²) >= 11 is 5.90. The summed E-state index contributed by atoms with van der Waals surface area (Å²) in [6, 6.07) is 7.34. The van der Waals surface area contributed by atoms with E-state index in [1.54, 1.807) is 12.1 Å². The van der Waals surface area contributed by atoms with Gasteiger partial charge in [-0.2, -0.15) is 0 Å². The molecule has 1 unspecified atom stereocenters. The van der Waals surface area contributed by atoms with Crippen molar-refractivity contribution in [3.63, 3.8) is 0 Å². The van der Waals surface area contributed by atoms with Gasteiger partial charge in [-0.25, -0.2) is 0 Å². The number of nitrogens with two attached hydrogens (primary N) is 1. The van der Waals surface area contributed by atoms with Gasteiger partial charge in [0.25, 0.3) is 0 Å². The summed E-state index contributed by atoms with van der Waals surface area (Å²) in [5.41, 5.74) is 6.10. The molecule has 0 bridgehead atoms. The van der Waals surface area contributed by atoms with Gasteiger partial charge in [0, 0.05) is 17.1 Å². The van der Waals surface area contributed by atoms with Crippen LogP contribution in [0.15, 0.2) is 24.3 Å². The fourth-order valence-corrected chi connectivity index (χ4v) is 1.62. The van der Waals surface area contributed by atoms with E-state index in [1.165, 1.54) is 0 Å². The van der Waals surface area contributed by atoms with E-state index in [1.807, 2.05) is 32.9 Å². The van der Waals surface area contributed by atoms with Gasteiger partial charge in [-0.3, -0.25) is 4.79 Å². The smallest absolute Gasteiger partial charge is 0.227 e. The first-order chi connectivity index (χ1) is 7.85. The maximum Gasteiger partial charge on any atom is 0.227 e. The average Bonchev–Trinajstić information content (AvgIpc) is 2.27. The molecule has 0 radical (unpaired) electrons.